The molecule has 0 bridgehead atoms. The number of methoxy groups -OCH3 is 1. The van der Waals surface area contributed by atoms with Crippen molar-refractivity contribution >= 4 is 35.1 Å². The van der Waals surface area contributed by atoms with Crippen LogP contribution in [-0.4, -0.2) is 31.8 Å². The molecule has 0 saturated carbocycles. The number of urea groups is 1. The van der Waals surface area contributed by atoms with Crippen LogP contribution in [0.15, 0.2) is 53.4 Å². The lowest BCUT2D eigenvalue weighted by Gasteiger charge is -2.09. The van der Waals surface area contributed by atoms with Crippen LogP contribution in [0, 0.1) is 0 Å². The molecule has 0 aliphatic carbocycles. The molecular formula is C17H19N3O3S. The second kappa shape index (κ2) is 8.83. The Balaban J connectivity index is 1.76. The van der Waals surface area contributed by atoms with Gasteiger partial charge in [-0.3, -0.25) is 4.79 Å². The second-order valence-electron chi connectivity index (χ2n) is 4.81. The number of carbonyl (C=O) groups excluding carboxylic acids is 2. The van der Waals surface area contributed by atoms with E-state index in [2.05, 4.69) is 16.0 Å². The van der Waals surface area contributed by atoms with Crippen LogP contribution in [0.2, 0.25) is 0 Å². The summed E-state index contributed by atoms with van der Waals surface area (Å²) in [6.45, 7) is -0.124. The summed E-state index contributed by atoms with van der Waals surface area (Å²) >= 11 is 1.62. The van der Waals surface area contributed by atoms with Gasteiger partial charge in [0.2, 0.25) is 5.91 Å². The van der Waals surface area contributed by atoms with E-state index >= 15 is 0 Å². The fourth-order valence-electron chi connectivity index (χ4n) is 1.89. The minimum absolute atomic E-state index is 0.124. The van der Waals surface area contributed by atoms with E-state index in [0.29, 0.717) is 17.1 Å². The van der Waals surface area contributed by atoms with E-state index in [0.717, 1.165) is 4.90 Å². The van der Waals surface area contributed by atoms with Gasteiger partial charge in [0.25, 0.3) is 0 Å². The van der Waals surface area contributed by atoms with Gasteiger partial charge in [-0.05, 0) is 54.8 Å². The van der Waals surface area contributed by atoms with Crippen molar-refractivity contribution in [3.63, 3.8) is 0 Å². The van der Waals surface area contributed by atoms with Crippen molar-refractivity contribution in [1.29, 1.82) is 0 Å². The summed E-state index contributed by atoms with van der Waals surface area (Å²) in [5, 5.41) is 7.87. The Labute approximate surface area is 145 Å². The molecule has 7 heteroatoms. The molecule has 0 aliphatic rings. The van der Waals surface area contributed by atoms with Crippen molar-refractivity contribution in [1.82, 2.24) is 5.32 Å². The number of rotatable bonds is 6. The minimum atomic E-state index is -0.434. The number of hydrogen-bond donors (Lipinski definition) is 3. The van der Waals surface area contributed by atoms with Gasteiger partial charge in [0.15, 0.2) is 0 Å². The van der Waals surface area contributed by atoms with Gasteiger partial charge in [0.1, 0.15) is 5.75 Å². The van der Waals surface area contributed by atoms with Crippen LogP contribution in [0.25, 0.3) is 0 Å². The second-order valence-corrected chi connectivity index (χ2v) is 5.69. The van der Waals surface area contributed by atoms with Crippen LogP contribution in [0.3, 0.4) is 0 Å². The van der Waals surface area contributed by atoms with Crippen molar-refractivity contribution in [2.75, 3.05) is 30.5 Å². The SMILES string of the molecule is COc1ccc(NC(=O)CNC(=O)Nc2ccc(SC)cc2)cc1. The lowest BCUT2D eigenvalue weighted by molar-refractivity contribution is -0.115. The number of ether oxygens (including phenoxy) is 1. The first-order chi connectivity index (χ1) is 11.6. The van der Waals surface area contributed by atoms with E-state index in [4.69, 9.17) is 4.74 Å². The zero-order valence-electron chi connectivity index (χ0n) is 13.5. The van der Waals surface area contributed by atoms with Gasteiger partial charge in [0.05, 0.1) is 13.7 Å². The number of anilines is 2. The molecule has 0 saturated heterocycles. The Kier molecular flexibility index (Phi) is 6.51. The van der Waals surface area contributed by atoms with Crippen molar-refractivity contribution < 1.29 is 14.3 Å². The molecule has 3 N–H and O–H groups in total. The van der Waals surface area contributed by atoms with Gasteiger partial charge in [-0.25, -0.2) is 4.79 Å². The Morgan fingerprint density at radius 2 is 1.54 bits per heavy atom. The molecule has 0 radical (unpaired) electrons. The first-order valence-corrected chi connectivity index (χ1v) is 8.46. The van der Waals surface area contributed by atoms with Gasteiger partial charge in [0, 0.05) is 16.3 Å². The molecule has 126 valence electrons. The smallest absolute Gasteiger partial charge is 0.319 e. The van der Waals surface area contributed by atoms with E-state index in [-0.39, 0.29) is 12.5 Å². The molecule has 0 aliphatic heterocycles. The lowest BCUT2D eigenvalue weighted by Crippen LogP contribution is -2.35. The van der Waals surface area contributed by atoms with Gasteiger partial charge < -0.3 is 20.7 Å². The van der Waals surface area contributed by atoms with E-state index in [9.17, 15) is 9.59 Å². The largest absolute Gasteiger partial charge is 0.497 e. The average molecular weight is 345 g/mol. The summed E-state index contributed by atoms with van der Waals surface area (Å²) in [4.78, 5) is 24.7. The summed E-state index contributed by atoms with van der Waals surface area (Å²) in [6, 6.07) is 14.0. The normalized spacial score (nSPS) is 9.92. The van der Waals surface area contributed by atoms with E-state index in [1.54, 1.807) is 43.1 Å². The molecule has 0 aromatic heterocycles. The van der Waals surface area contributed by atoms with Crippen LogP contribution in [0.1, 0.15) is 0 Å². The average Bonchev–Trinajstić information content (AvgIpc) is 2.61. The maximum atomic E-state index is 11.8. The Morgan fingerprint density at radius 1 is 0.958 bits per heavy atom. The molecule has 2 rings (SSSR count). The number of benzene rings is 2. The molecule has 3 amide bonds. The van der Waals surface area contributed by atoms with E-state index < -0.39 is 6.03 Å². The van der Waals surface area contributed by atoms with Crippen molar-refractivity contribution in [2.45, 2.75) is 4.90 Å². The predicted octanol–water partition coefficient (Wildman–Crippen LogP) is 3.18. The number of hydrogen-bond acceptors (Lipinski definition) is 4. The molecule has 0 fully saturated rings. The molecular weight excluding hydrogens is 326 g/mol. The molecule has 2 aromatic rings. The number of nitrogens with one attached hydrogen (secondary N) is 3. The predicted molar refractivity (Wildman–Crippen MR) is 96.9 cm³/mol. The molecule has 0 heterocycles. The zero-order chi connectivity index (χ0) is 17.4. The third-order valence-electron chi connectivity index (χ3n) is 3.13. The summed E-state index contributed by atoms with van der Waals surface area (Å²) in [6.07, 6.45) is 1.98. The first-order valence-electron chi connectivity index (χ1n) is 7.23. The molecule has 6 nitrogen and oxygen atoms in total. The molecule has 0 atom stereocenters. The standard InChI is InChI=1S/C17H19N3O3S/c1-23-14-7-3-12(4-8-14)19-16(21)11-18-17(22)20-13-5-9-15(24-2)10-6-13/h3-10H,11H2,1-2H3,(H,19,21)(H2,18,20,22). The minimum Gasteiger partial charge on any atom is -0.497 e. The van der Waals surface area contributed by atoms with Crippen molar-refractivity contribution in [2.24, 2.45) is 0 Å². The zero-order valence-corrected chi connectivity index (χ0v) is 14.3. The highest BCUT2D eigenvalue weighted by molar-refractivity contribution is 7.98. The van der Waals surface area contributed by atoms with Crippen LogP contribution in [0.5, 0.6) is 5.75 Å². The third kappa shape index (κ3) is 5.51. The van der Waals surface area contributed by atoms with E-state index in [1.165, 1.54) is 0 Å². The van der Waals surface area contributed by atoms with Crippen LogP contribution in [-0.2, 0) is 4.79 Å². The Morgan fingerprint density at radius 3 is 2.12 bits per heavy atom. The summed E-state index contributed by atoms with van der Waals surface area (Å²) < 4.78 is 5.04. The summed E-state index contributed by atoms with van der Waals surface area (Å²) in [5.41, 5.74) is 1.30. The van der Waals surface area contributed by atoms with Gasteiger partial charge >= 0.3 is 6.03 Å². The molecule has 0 unspecified atom stereocenters. The Bertz CT molecular complexity index is 626. The quantitative estimate of drug-likeness (QED) is 0.703. The highest BCUT2D eigenvalue weighted by Crippen LogP contribution is 2.17. The van der Waals surface area contributed by atoms with Crippen LogP contribution in [0.4, 0.5) is 16.2 Å². The maximum absolute atomic E-state index is 11.8. The Hall–Kier alpha value is -2.67. The molecule has 24 heavy (non-hydrogen) atoms. The van der Waals surface area contributed by atoms with Gasteiger partial charge in [-0.1, -0.05) is 0 Å². The monoisotopic (exact) mass is 345 g/mol. The number of amides is 3. The number of carbonyl (C=O) groups is 2. The molecule has 2 aromatic carbocycles. The topological polar surface area (TPSA) is 79.5 Å². The fourth-order valence-corrected chi connectivity index (χ4v) is 2.30. The highest BCUT2D eigenvalue weighted by atomic mass is 32.2. The molecule has 0 spiro atoms. The van der Waals surface area contributed by atoms with Gasteiger partial charge in [-0.15, -0.1) is 11.8 Å². The van der Waals surface area contributed by atoms with E-state index in [1.807, 2.05) is 30.5 Å². The van der Waals surface area contributed by atoms with Crippen LogP contribution < -0.4 is 20.7 Å². The lowest BCUT2D eigenvalue weighted by atomic mass is 10.3. The highest BCUT2D eigenvalue weighted by Gasteiger charge is 2.06. The fraction of sp³-hybridized carbons (Fsp3) is 0.176. The number of thioether (sulfide) groups is 1. The van der Waals surface area contributed by atoms with Crippen molar-refractivity contribution in [3.05, 3.63) is 48.5 Å². The maximum Gasteiger partial charge on any atom is 0.319 e. The summed E-state index contributed by atoms with van der Waals surface area (Å²) in [5.74, 6) is 0.394. The van der Waals surface area contributed by atoms with Crippen molar-refractivity contribution in [3.8, 4) is 5.75 Å². The van der Waals surface area contributed by atoms with Gasteiger partial charge in [-0.2, -0.15) is 0 Å². The third-order valence-corrected chi connectivity index (χ3v) is 3.87. The van der Waals surface area contributed by atoms with Crippen LogP contribution >= 0.6 is 11.8 Å². The summed E-state index contributed by atoms with van der Waals surface area (Å²) in [7, 11) is 1.57. The first kappa shape index (κ1) is 17.7.